The van der Waals surface area contributed by atoms with E-state index in [0.717, 1.165) is 12.7 Å². The maximum atomic E-state index is 12.3. The first-order valence-corrected chi connectivity index (χ1v) is 7.43. The first-order valence-electron chi connectivity index (χ1n) is 7.43. The van der Waals surface area contributed by atoms with Crippen molar-refractivity contribution in [2.45, 2.75) is 20.0 Å². The molecule has 2 amide bonds. The molecule has 8 heteroatoms. The van der Waals surface area contributed by atoms with Gasteiger partial charge < -0.3 is 25.4 Å². The molecule has 1 saturated heterocycles. The van der Waals surface area contributed by atoms with E-state index in [1.165, 1.54) is 18.7 Å². The average Bonchev–Trinajstić information content (AvgIpc) is 2.53. The van der Waals surface area contributed by atoms with Gasteiger partial charge in [0.2, 0.25) is 0 Å². The summed E-state index contributed by atoms with van der Waals surface area (Å²) in [6, 6.07) is 0. The fourth-order valence-electron chi connectivity index (χ4n) is 1.92. The smallest absolute Gasteiger partial charge is 0.353 e. The number of hydrogen-bond acceptors (Lipinski definition) is 5. The minimum absolute atomic E-state index is 0.137. The zero-order valence-electron chi connectivity index (χ0n) is 13.9. The van der Waals surface area contributed by atoms with Crippen molar-refractivity contribution in [3.63, 3.8) is 0 Å². The van der Waals surface area contributed by atoms with Gasteiger partial charge in [0, 0.05) is 30.4 Å². The summed E-state index contributed by atoms with van der Waals surface area (Å²) < 4.78 is 5.54. The Hall–Kier alpha value is -2.45. The topological polar surface area (TPSA) is 108 Å². The Balaban J connectivity index is 3.02. The Bertz CT molecular complexity index is 576. The van der Waals surface area contributed by atoms with Crippen LogP contribution in [0.3, 0.4) is 0 Å². The van der Waals surface area contributed by atoms with E-state index in [2.05, 4.69) is 23.8 Å². The summed E-state index contributed by atoms with van der Waals surface area (Å²) in [4.78, 5) is 36.5. The number of carbonyl (C=O) groups is 3. The van der Waals surface area contributed by atoms with Gasteiger partial charge in [-0.25, -0.2) is 4.79 Å². The lowest BCUT2D eigenvalue weighted by atomic mass is 10.2. The molecule has 0 spiro atoms. The van der Waals surface area contributed by atoms with Gasteiger partial charge in [0.15, 0.2) is 0 Å². The molecule has 0 saturated carbocycles. The average molecular weight is 337 g/mol. The number of aliphatic carboxylic acids is 1. The highest BCUT2D eigenvalue weighted by Crippen LogP contribution is 2.08. The van der Waals surface area contributed by atoms with Gasteiger partial charge in [-0.15, -0.1) is 0 Å². The number of rotatable bonds is 7. The molecule has 1 heterocycles. The molecule has 0 aromatic heterocycles. The normalized spacial score (nSPS) is 17.8. The molecule has 8 nitrogen and oxygen atoms in total. The maximum absolute atomic E-state index is 12.3. The monoisotopic (exact) mass is 337 g/mol. The largest absolute Gasteiger partial charge is 0.477 e. The summed E-state index contributed by atoms with van der Waals surface area (Å²) in [5, 5.41) is 14.6. The van der Waals surface area contributed by atoms with Crippen LogP contribution in [0.2, 0.25) is 0 Å². The molecule has 1 fully saturated rings. The standard InChI is InChI=1S/C16H23N3O5/c1-10(2)14(20)18-13(16(22)23)9-19(15(21)11(3)4)8-12-7-17-5-6-24-12/h9,12,17H,1,3,5-8H2,2,4H3,(H,18,20)(H,22,23). The van der Waals surface area contributed by atoms with Crippen LogP contribution in [0, 0.1) is 0 Å². The van der Waals surface area contributed by atoms with Crippen molar-refractivity contribution >= 4 is 17.8 Å². The molecule has 0 aliphatic carbocycles. The summed E-state index contributed by atoms with van der Waals surface area (Å²) in [5.41, 5.74) is -0.0351. The quantitative estimate of drug-likeness (QED) is 0.564. The van der Waals surface area contributed by atoms with E-state index in [-0.39, 0.29) is 23.8 Å². The van der Waals surface area contributed by atoms with E-state index < -0.39 is 23.5 Å². The van der Waals surface area contributed by atoms with Crippen LogP contribution < -0.4 is 10.6 Å². The summed E-state index contributed by atoms with van der Waals surface area (Å²) >= 11 is 0. The van der Waals surface area contributed by atoms with Gasteiger partial charge in [0.25, 0.3) is 11.8 Å². The highest BCUT2D eigenvalue weighted by molar-refractivity contribution is 6.00. The number of nitrogens with one attached hydrogen (secondary N) is 2. The Morgan fingerprint density at radius 1 is 1.33 bits per heavy atom. The molecule has 0 aromatic rings. The lowest BCUT2D eigenvalue weighted by Gasteiger charge is -2.29. The highest BCUT2D eigenvalue weighted by Gasteiger charge is 2.23. The van der Waals surface area contributed by atoms with Crippen molar-refractivity contribution in [1.29, 1.82) is 0 Å². The predicted molar refractivity (Wildman–Crippen MR) is 87.8 cm³/mol. The zero-order chi connectivity index (χ0) is 18.3. The highest BCUT2D eigenvalue weighted by atomic mass is 16.5. The van der Waals surface area contributed by atoms with E-state index in [4.69, 9.17) is 4.74 Å². The van der Waals surface area contributed by atoms with Gasteiger partial charge in [0.05, 0.1) is 19.3 Å². The molecule has 1 unspecified atom stereocenters. The van der Waals surface area contributed by atoms with Crippen LogP contribution in [-0.2, 0) is 19.1 Å². The molecule has 0 radical (unpaired) electrons. The van der Waals surface area contributed by atoms with Crippen molar-refractivity contribution in [3.05, 3.63) is 36.2 Å². The van der Waals surface area contributed by atoms with Gasteiger partial charge in [-0.1, -0.05) is 13.2 Å². The fraction of sp³-hybridized carbons (Fsp3) is 0.438. The number of carboxylic acid groups (broad SMARTS) is 1. The summed E-state index contributed by atoms with van der Waals surface area (Å²) in [6.45, 7) is 11.9. The van der Waals surface area contributed by atoms with Crippen LogP contribution in [0.4, 0.5) is 0 Å². The van der Waals surface area contributed by atoms with E-state index in [1.807, 2.05) is 0 Å². The number of nitrogens with zero attached hydrogens (tertiary/aromatic N) is 1. The van der Waals surface area contributed by atoms with Gasteiger partial charge in [-0.2, -0.15) is 0 Å². The zero-order valence-corrected chi connectivity index (χ0v) is 13.9. The van der Waals surface area contributed by atoms with Crippen molar-refractivity contribution < 1.29 is 24.2 Å². The molecule has 132 valence electrons. The molecule has 1 aliphatic rings. The fourth-order valence-corrected chi connectivity index (χ4v) is 1.92. The van der Waals surface area contributed by atoms with Crippen molar-refractivity contribution in [2.24, 2.45) is 0 Å². The van der Waals surface area contributed by atoms with Crippen molar-refractivity contribution in [2.75, 3.05) is 26.2 Å². The minimum Gasteiger partial charge on any atom is -0.477 e. The van der Waals surface area contributed by atoms with Crippen LogP contribution in [0.1, 0.15) is 13.8 Å². The first-order chi connectivity index (χ1) is 11.2. The number of carbonyl (C=O) groups excluding carboxylic acids is 2. The third-order valence-electron chi connectivity index (χ3n) is 3.18. The molecular weight excluding hydrogens is 314 g/mol. The molecule has 1 aliphatic heterocycles. The second-order valence-electron chi connectivity index (χ2n) is 5.52. The van der Waals surface area contributed by atoms with Gasteiger partial charge in [-0.05, 0) is 13.8 Å². The van der Waals surface area contributed by atoms with Gasteiger partial charge in [-0.3, -0.25) is 9.59 Å². The number of amides is 2. The molecular formula is C16H23N3O5. The number of ether oxygens (including phenoxy) is 1. The summed E-state index contributed by atoms with van der Waals surface area (Å²) in [5.74, 6) is -2.46. The van der Waals surface area contributed by atoms with Crippen LogP contribution in [0.15, 0.2) is 36.2 Å². The van der Waals surface area contributed by atoms with E-state index in [9.17, 15) is 19.5 Å². The minimum atomic E-state index is -1.37. The van der Waals surface area contributed by atoms with Crippen molar-refractivity contribution in [1.82, 2.24) is 15.5 Å². The Kier molecular flexibility index (Phi) is 7.34. The van der Waals surface area contributed by atoms with E-state index in [0.29, 0.717) is 13.2 Å². The SMILES string of the molecule is C=C(C)C(=O)NC(=CN(CC1CNCCO1)C(=O)C(=C)C)C(=O)O. The molecule has 0 bridgehead atoms. The Morgan fingerprint density at radius 3 is 2.46 bits per heavy atom. The lowest BCUT2D eigenvalue weighted by molar-refractivity contribution is -0.134. The second-order valence-corrected chi connectivity index (χ2v) is 5.52. The summed E-state index contributed by atoms with van der Waals surface area (Å²) in [7, 11) is 0. The van der Waals surface area contributed by atoms with Crippen LogP contribution in [-0.4, -0.2) is 60.1 Å². The lowest BCUT2D eigenvalue weighted by Crippen LogP contribution is -2.46. The van der Waals surface area contributed by atoms with Crippen LogP contribution >= 0.6 is 0 Å². The van der Waals surface area contributed by atoms with Crippen LogP contribution in [0.5, 0.6) is 0 Å². The third-order valence-corrected chi connectivity index (χ3v) is 3.18. The van der Waals surface area contributed by atoms with Gasteiger partial charge >= 0.3 is 5.97 Å². The number of hydrogen-bond donors (Lipinski definition) is 3. The predicted octanol–water partition coefficient (Wildman–Crippen LogP) is -0.00220. The van der Waals surface area contributed by atoms with Crippen molar-refractivity contribution in [3.8, 4) is 0 Å². The molecule has 1 rings (SSSR count). The van der Waals surface area contributed by atoms with E-state index >= 15 is 0 Å². The number of morpholine rings is 1. The first kappa shape index (κ1) is 19.6. The molecule has 24 heavy (non-hydrogen) atoms. The maximum Gasteiger partial charge on any atom is 0.353 e. The molecule has 0 aromatic carbocycles. The Morgan fingerprint density at radius 2 is 2.00 bits per heavy atom. The number of carboxylic acids is 1. The summed E-state index contributed by atoms with van der Waals surface area (Å²) in [6.07, 6.45) is 0.795. The Labute approximate surface area is 140 Å². The van der Waals surface area contributed by atoms with Gasteiger partial charge in [0.1, 0.15) is 5.70 Å². The molecule has 3 N–H and O–H groups in total. The van der Waals surface area contributed by atoms with E-state index in [1.54, 1.807) is 0 Å². The van der Waals surface area contributed by atoms with Crippen LogP contribution in [0.25, 0.3) is 0 Å². The third kappa shape index (κ3) is 5.98. The second kappa shape index (κ2) is 8.99. The molecule has 1 atom stereocenters.